The van der Waals surface area contributed by atoms with Crippen LogP contribution >= 0.6 is 0 Å². The highest BCUT2D eigenvalue weighted by molar-refractivity contribution is 5.84. The highest BCUT2D eigenvalue weighted by Gasteiger charge is 2.35. The molecule has 1 fully saturated rings. The maximum Gasteiger partial charge on any atom is 0.230 e. The third-order valence-corrected chi connectivity index (χ3v) is 5.87. The quantitative estimate of drug-likeness (QED) is 0.596. The van der Waals surface area contributed by atoms with Crippen molar-refractivity contribution in [2.24, 2.45) is 11.8 Å². The second-order valence-corrected chi connectivity index (χ2v) is 8.32. The Morgan fingerprint density at radius 2 is 1.66 bits per heavy atom. The van der Waals surface area contributed by atoms with Gasteiger partial charge < -0.3 is 9.64 Å². The van der Waals surface area contributed by atoms with Gasteiger partial charge in [-0.05, 0) is 48.4 Å². The molecule has 2 aromatic carbocycles. The molecule has 1 heterocycles. The van der Waals surface area contributed by atoms with Crippen molar-refractivity contribution in [2.45, 2.75) is 45.6 Å². The van der Waals surface area contributed by atoms with E-state index in [4.69, 9.17) is 4.74 Å². The number of benzene rings is 2. The topological polar surface area (TPSA) is 29.5 Å². The molecule has 0 spiro atoms. The molecule has 3 rings (SSSR count). The summed E-state index contributed by atoms with van der Waals surface area (Å²) < 4.78 is 19.6. The van der Waals surface area contributed by atoms with Gasteiger partial charge in [0.15, 0.2) is 0 Å². The van der Waals surface area contributed by atoms with Gasteiger partial charge in [-0.2, -0.15) is 0 Å². The van der Waals surface area contributed by atoms with E-state index in [-0.39, 0.29) is 29.5 Å². The second-order valence-electron chi connectivity index (χ2n) is 8.32. The molecule has 0 aliphatic carbocycles. The average molecular weight is 398 g/mol. The average Bonchev–Trinajstić information content (AvgIpc) is 2.75. The van der Waals surface area contributed by atoms with Gasteiger partial charge in [0.05, 0.1) is 19.1 Å². The van der Waals surface area contributed by atoms with Crippen LogP contribution in [0.5, 0.6) is 0 Å². The third kappa shape index (κ3) is 5.89. The fourth-order valence-corrected chi connectivity index (χ4v) is 4.11. The SMILES string of the molecule is CC(C)C(COCc1ccccc1)C(C(=O)N1CCCCC1)c1ccc(F)cc1. The number of hydrogen-bond donors (Lipinski definition) is 0. The number of halogens is 1. The monoisotopic (exact) mass is 397 g/mol. The maximum absolute atomic E-state index is 13.5. The van der Waals surface area contributed by atoms with Crippen molar-refractivity contribution in [1.82, 2.24) is 4.90 Å². The third-order valence-electron chi connectivity index (χ3n) is 5.87. The van der Waals surface area contributed by atoms with E-state index >= 15 is 0 Å². The van der Waals surface area contributed by atoms with Crippen LogP contribution in [-0.4, -0.2) is 30.5 Å². The van der Waals surface area contributed by atoms with Crippen LogP contribution in [0.25, 0.3) is 0 Å². The van der Waals surface area contributed by atoms with Gasteiger partial charge in [-0.1, -0.05) is 56.3 Å². The summed E-state index contributed by atoms with van der Waals surface area (Å²) >= 11 is 0. The first-order valence-electron chi connectivity index (χ1n) is 10.7. The Hall–Kier alpha value is -2.20. The van der Waals surface area contributed by atoms with E-state index < -0.39 is 0 Å². The van der Waals surface area contributed by atoms with Gasteiger partial charge in [0.25, 0.3) is 0 Å². The number of ether oxygens (including phenoxy) is 1. The van der Waals surface area contributed by atoms with E-state index in [1.165, 1.54) is 18.6 Å². The van der Waals surface area contributed by atoms with Crippen LogP contribution in [-0.2, 0) is 16.1 Å². The molecule has 1 aliphatic rings. The maximum atomic E-state index is 13.5. The molecule has 29 heavy (non-hydrogen) atoms. The number of likely N-dealkylation sites (tertiary alicyclic amines) is 1. The number of hydrogen-bond acceptors (Lipinski definition) is 2. The Kier molecular flexibility index (Phi) is 7.82. The van der Waals surface area contributed by atoms with Gasteiger partial charge in [0.2, 0.25) is 5.91 Å². The molecular weight excluding hydrogens is 365 g/mol. The molecule has 2 atom stereocenters. The smallest absolute Gasteiger partial charge is 0.230 e. The first kappa shape index (κ1) is 21.5. The fraction of sp³-hybridized carbons (Fsp3) is 0.480. The van der Waals surface area contributed by atoms with E-state index in [1.54, 1.807) is 12.1 Å². The van der Waals surface area contributed by atoms with E-state index in [0.717, 1.165) is 37.1 Å². The number of nitrogens with zero attached hydrogens (tertiary/aromatic N) is 1. The van der Waals surface area contributed by atoms with Crippen molar-refractivity contribution >= 4 is 5.91 Å². The Bertz CT molecular complexity index is 754. The Morgan fingerprint density at radius 1 is 1.00 bits per heavy atom. The lowest BCUT2D eigenvalue weighted by molar-refractivity contribution is -0.136. The Balaban J connectivity index is 1.80. The predicted octanol–water partition coefficient (Wildman–Crippen LogP) is 5.41. The van der Waals surface area contributed by atoms with Crippen LogP contribution in [0.15, 0.2) is 54.6 Å². The highest BCUT2D eigenvalue weighted by Crippen LogP contribution is 2.34. The first-order chi connectivity index (χ1) is 14.1. The number of amides is 1. The van der Waals surface area contributed by atoms with Gasteiger partial charge >= 0.3 is 0 Å². The second kappa shape index (κ2) is 10.5. The molecule has 1 saturated heterocycles. The van der Waals surface area contributed by atoms with Crippen molar-refractivity contribution in [1.29, 1.82) is 0 Å². The molecule has 2 aromatic rings. The van der Waals surface area contributed by atoms with Crippen molar-refractivity contribution in [2.75, 3.05) is 19.7 Å². The van der Waals surface area contributed by atoms with Gasteiger partial charge in [0.1, 0.15) is 5.82 Å². The molecule has 1 aliphatic heterocycles. The Labute approximate surface area is 173 Å². The summed E-state index contributed by atoms with van der Waals surface area (Å²) in [7, 11) is 0. The van der Waals surface area contributed by atoms with Crippen LogP contribution in [0.4, 0.5) is 4.39 Å². The predicted molar refractivity (Wildman–Crippen MR) is 114 cm³/mol. The molecule has 0 N–H and O–H groups in total. The van der Waals surface area contributed by atoms with Gasteiger partial charge in [-0.3, -0.25) is 4.79 Å². The number of carbonyl (C=O) groups excluding carboxylic acids is 1. The number of piperidine rings is 1. The van der Waals surface area contributed by atoms with E-state index in [9.17, 15) is 9.18 Å². The largest absolute Gasteiger partial charge is 0.376 e. The molecule has 1 amide bonds. The van der Waals surface area contributed by atoms with Gasteiger partial charge in [-0.15, -0.1) is 0 Å². The van der Waals surface area contributed by atoms with Crippen LogP contribution in [0.3, 0.4) is 0 Å². The molecule has 2 unspecified atom stereocenters. The van der Waals surface area contributed by atoms with Gasteiger partial charge in [-0.25, -0.2) is 4.39 Å². The number of carbonyl (C=O) groups is 1. The van der Waals surface area contributed by atoms with Crippen molar-refractivity contribution in [3.8, 4) is 0 Å². The fourth-order valence-electron chi connectivity index (χ4n) is 4.11. The summed E-state index contributed by atoms with van der Waals surface area (Å²) in [5.74, 6) is -0.157. The molecule has 0 bridgehead atoms. The van der Waals surface area contributed by atoms with E-state index in [0.29, 0.717) is 13.2 Å². The Morgan fingerprint density at radius 3 is 2.28 bits per heavy atom. The van der Waals surface area contributed by atoms with E-state index in [1.807, 2.05) is 35.2 Å². The van der Waals surface area contributed by atoms with Crippen molar-refractivity contribution in [3.63, 3.8) is 0 Å². The van der Waals surface area contributed by atoms with Crippen LogP contribution in [0.1, 0.15) is 50.2 Å². The van der Waals surface area contributed by atoms with Crippen LogP contribution < -0.4 is 0 Å². The minimum Gasteiger partial charge on any atom is -0.376 e. The summed E-state index contributed by atoms with van der Waals surface area (Å²) in [5.41, 5.74) is 2.00. The zero-order chi connectivity index (χ0) is 20.6. The molecule has 4 heteroatoms. The van der Waals surface area contributed by atoms with E-state index in [2.05, 4.69) is 13.8 Å². The first-order valence-corrected chi connectivity index (χ1v) is 10.7. The summed E-state index contributed by atoms with van der Waals surface area (Å²) in [4.78, 5) is 15.5. The standard InChI is InChI=1S/C25H32FNO2/c1-19(2)23(18-29-17-20-9-5-3-6-10-20)24(21-11-13-22(26)14-12-21)25(28)27-15-7-4-8-16-27/h3,5-6,9-14,19,23-24H,4,7-8,15-18H2,1-2H3. The summed E-state index contributed by atoms with van der Waals surface area (Å²) in [6, 6.07) is 16.5. The van der Waals surface area contributed by atoms with Crippen LogP contribution in [0.2, 0.25) is 0 Å². The minimum atomic E-state index is -0.315. The lowest BCUT2D eigenvalue weighted by atomic mass is 9.78. The summed E-state index contributed by atoms with van der Waals surface area (Å²) in [5, 5.41) is 0. The van der Waals surface area contributed by atoms with Crippen molar-refractivity contribution in [3.05, 3.63) is 71.5 Å². The minimum absolute atomic E-state index is 0.0265. The highest BCUT2D eigenvalue weighted by atomic mass is 19.1. The lowest BCUT2D eigenvalue weighted by Crippen LogP contribution is -2.42. The molecule has 0 saturated carbocycles. The molecule has 0 aromatic heterocycles. The molecule has 3 nitrogen and oxygen atoms in total. The normalized spacial score (nSPS) is 16.6. The molecule has 0 radical (unpaired) electrons. The van der Waals surface area contributed by atoms with Crippen molar-refractivity contribution < 1.29 is 13.9 Å². The van der Waals surface area contributed by atoms with Crippen LogP contribution in [0, 0.1) is 17.7 Å². The molecular formula is C25H32FNO2. The molecule has 156 valence electrons. The number of rotatable bonds is 8. The summed E-state index contributed by atoms with van der Waals surface area (Å²) in [6.45, 7) is 6.91. The summed E-state index contributed by atoms with van der Waals surface area (Å²) in [6.07, 6.45) is 3.29. The lowest BCUT2D eigenvalue weighted by Gasteiger charge is -2.35. The zero-order valence-electron chi connectivity index (χ0n) is 17.5. The zero-order valence-corrected chi connectivity index (χ0v) is 17.5. The van der Waals surface area contributed by atoms with Gasteiger partial charge in [0, 0.05) is 19.0 Å².